The molecule has 0 saturated carbocycles. The monoisotopic (exact) mass is 772 g/mol. The van der Waals surface area contributed by atoms with E-state index in [0.717, 1.165) is 38.5 Å². The smallest absolute Gasteiger partial charge is 0.220 e. The zero-order valence-electron chi connectivity index (χ0n) is 37.2. The summed E-state index contributed by atoms with van der Waals surface area (Å²) in [5.74, 6) is -0.0739. The molecule has 3 N–H and O–H groups in total. The van der Waals surface area contributed by atoms with E-state index in [-0.39, 0.29) is 12.5 Å². The normalized spacial score (nSPS) is 13.2. The molecule has 4 heteroatoms. The van der Waals surface area contributed by atoms with Gasteiger partial charge in [-0.1, -0.05) is 249 Å². The summed E-state index contributed by atoms with van der Waals surface area (Å²) in [6.07, 6.45) is 62.8. The van der Waals surface area contributed by atoms with E-state index in [1.54, 1.807) is 6.08 Å². The second kappa shape index (κ2) is 47.0. The highest BCUT2D eigenvalue weighted by molar-refractivity contribution is 5.76. The number of unbranched alkanes of at least 4 members (excludes halogenated alkanes) is 34. The van der Waals surface area contributed by atoms with Crippen LogP contribution in [0.15, 0.2) is 36.5 Å². The second-order valence-corrected chi connectivity index (χ2v) is 16.9. The number of hydrogen-bond acceptors (Lipinski definition) is 3. The van der Waals surface area contributed by atoms with E-state index in [1.165, 1.54) is 205 Å². The van der Waals surface area contributed by atoms with Crippen LogP contribution in [-0.4, -0.2) is 34.9 Å². The molecule has 324 valence electrons. The van der Waals surface area contributed by atoms with E-state index in [0.29, 0.717) is 6.42 Å². The van der Waals surface area contributed by atoms with Crippen LogP contribution in [0.25, 0.3) is 0 Å². The van der Waals surface area contributed by atoms with Gasteiger partial charge in [0.25, 0.3) is 0 Å². The lowest BCUT2D eigenvalue weighted by Gasteiger charge is -2.19. The molecular weight excluding hydrogens is 675 g/mol. The van der Waals surface area contributed by atoms with E-state index in [2.05, 4.69) is 43.5 Å². The van der Waals surface area contributed by atoms with Gasteiger partial charge in [-0.15, -0.1) is 0 Å². The summed E-state index contributed by atoms with van der Waals surface area (Å²) in [4.78, 5) is 12.4. The maximum atomic E-state index is 12.4. The average molecular weight is 772 g/mol. The van der Waals surface area contributed by atoms with Crippen molar-refractivity contribution in [3.05, 3.63) is 36.5 Å². The van der Waals surface area contributed by atoms with E-state index in [1.807, 2.05) is 6.08 Å². The molecule has 0 aliphatic rings. The van der Waals surface area contributed by atoms with Gasteiger partial charge in [0.05, 0.1) is 18.8 Å². The molecule has 2 unspecified atom stereocenters. The standard InChI is InChI=1S/C51H97NO3/c1-3-5-7-9-11-13-15-17-19-21-22-23-24-25-26-27-28-29-31-33-35-37-39-41-43-45-47-51(55)52-49(48-53)50(54)46-44-42-40-38-36-34-32-30-20-18-16-14-12-10-8-6-4-2/h20,30,36,38,44,46,49-50,53-54H,3-19,21-29,31-35,37,39-43,45,47-48H2,1-2H3,(H,52,55)/b30-20+,38-36+,46-44+. The first-order valence-corrected chi connectivity index (χ1v) is 24.7. The first-order chi connectivity index (χ1) is 27.2. The molecule has 0 aromatic carbocycles. The van der Waals surface area contributed by atoms with Gasteiger partial charge in [-0.2, -0.15) is 0 Å². The largest absolute Gasteiger partial charge is 0.394 e. The molecule has 0 aliphatic heterocycles. The molecular formula is C51H97NO3. The molecule has 0 heterocycles. The number of aliphatic hydroxyl groups excluding tert-OH is 2. The summed E-state index contributed by atoms with van der Waals surface area (Å²) in [6.45, 7) is 4.31. The van der Waals surface area contributed by atoms with Gasteiger partial charge >= 0.3 is 0 Å². The minimum atomic E-state index is -0.867. The highest BCUT2D eigenvalue weighted by Crippen LogP contribution is 2.16. The summed E-state index contributed by atoms with van der Waals surface area (Å²) < 4.78 is 0. The highest BCUT2D eigenvalue weighted by atomic mass is 16.3. The molecule has 0 saturated heterocycles. The number of aliphatic hydroxyl groups is 2. The van der Waals surface area contributed by atoms with Crippen LogP contribution in [0.3, 0.4) is 0 Å². The topological polar surface area (TPSA) is 69.6 Å². The molecule has 4 nitrogen and oxygen atoms in total. The van der Waals surface area contributed by atoms with Crippen LogP contribution < -0.4 is 5.32 Å². The Morgan fingerprint density at radius 1 is 0.418 bits per heavy atom. The molecule has 0 radical (unpaired) electrons. The molecule has 0 fully saturated rings. The first-order valence-electron chi connectivity index (χ1n) is 24.7. The lowest BCUT2D eigenvalue weighted by atomic mass is 10.0. The fraction of sp³-hybridized carbons (Fsp3) is 0.863. The molecule has 0 rings (SSSR count). The van der Waals surface area contributed by atoms with Crippen LogP contribution in [-0.2, 0) is 4.79 Å². The molecule has 0 bridgehead atoms. The predicted molar refractivity (Wildman–Crippen MR) is 244 cm³/mol. The van der Waals surface area contributed by atoms with Gasteiger partial charge in [-0.25, -0.2) is 0 Å². The molecule has 0 aromatic rings. The number of allylic oxidation sites excluding steroid dienone is 5. The van der Waals surface area contributed by atoms with Crippen LogP contribution in [0.5, 0.6) is 0 Å². The van der Waals surface area contributed by atoms with Crippen LogP contribution in [0, 0.1) is 0 Å². The Morgan fingerprint density at radius 3 is 1.05 bits per heavy atom. The van der Waals surface area contributed by atoms with Crippen molar-refractivity contribution >= 4 is 5.91 Å². The lowest BCUT2D eigenvalue weighted by Crippen LogP contribution is -2.45. The minimum Gasteiger partial charge on any atom is -0.394 e. The summed E-state index contributed by atoms with van der Waals surface area (Å²) in [6, 6.07) is -0.642. The van der Waals surface area contributed by atoms with E-state index >= 15 is 0 Å². The molecule has 55 heavy (non-hydrogen) atoms. The second-order valence-electron chi connectivity index (χ2n) is 16.9. The Labute approximate surface area is 344 Å². The zero-order valence-corrected chi connectivity index (χ0v) is 37.2. The Balaban J connectivity index is 3.52. The zero-order chi connectivity index (χ0) is 40.0. The van der Waals surface area contributed by atoms with E-state index in [4.69, 9.17) is 0 Å². The van der Waals surface area contributed by atoms with E-state index in [9.17, 15) is 15.0 Å². The Morgan fingerprint density at radius 2 is 0.709 bits per heavy atom. The summed E-state index contributed by atoms with van der Waals surface area (Å²) in [5.41, 5.74) is 0. The molecule has 0 aromatic heterocycles. The summed E-state index contributed by atoms with van der Waals surface area (Å²) in [7, 11) is 0. The van der Waals surface area contributed by atoms with Crippen LogP contribution in [0.4, 0.5) is 0 Å². The van der Waals surface area contributed by atoms with Gasteiger partial charge in [0, 0.05) is 6.42 Å². The van der Waals surface area contributed by atoms with Crippen LogP contribution in [0.1, 0.15) is 264 Å². The number of rotatable bonds is 45. The van der Waals surface area contributed by atoms with Gasteiger partial charge in [0.1, 0.15) is 0 Å². The van der Waals surface area contributed by atoms with Crippen LogP contribution >= 0.6 is 0 Å². The summed E-state index contributed by atoms with van der Waals surface area (Å²) >= 11 is 0. The van der Waals surface area contributed by atoms with Crippen molar-refractivity contribution in [2.75, 3.05) is 6.61 Å². The van der Waals surface area contributed by atoms with Crippen molar-refractivity contribution in [2.24, 2.45) is 0 Å². The van der Waals surface area contributed by atoms with Gasteiger partial charge < -0.3 is 15.5 Å². The van der Waals surface area contributed by atoms with Gasteiger partial charge in [-0.05, 0) is 44.9 Å². The third-order valence-electron chi connectivity index (χ3n) is 11.4. The van der Waals surface area contributed by atoms with Gasteiger partial charge in [0.15, 0.2) is 0 Å². The maximum Gasteiger partial charge on any atom is 0.220 e. The number of amides is 1. The van der Waals surface area contributed by atoms with Crippen LogP contribution in [0.2, 0.25) is 0 Å². The summed E-state index contributed by atoms with van der Waals surface area (Å²) in [5, 5.41) is 23.0. The first kappa shape index (κ1) is 53.6. The Kier molecular flexibility index (Phi) is 45.8. The van der Waals surface area contributed by atoms with Crippen molar-refractivity contribution in [3.63, 3.8) is 0 Å². The van der Waals surface area contributed by atoms with Crippen molar-refractivity contribution in [1.29, 1.82) is 0 Å². The van der Waals surface area contributed by atoms with Gasteiger partial charge in [-0.3, -0.25) is 4.79 Å². The maximum absolute atomic E-state index is 12.4. The molecule has 1 amide bonds. The Bertz CT molecular complexity index is 836. The van der Waals surface area contributed by atoms with Gasteiger partial charge in [0.2, 0.25) is 5.91 Å². The third kappa shape index (κ3) is 43.6. The number of hydrogen-bond donors (Lipinski definition) is 3. The molecule has 0 aliphatic carbocycles. The van der Waals surface area contributed by atoms with Crippen molar-refractivity contribution in [3.8, 4) is 0 Å². The third-order valence-corrected chi connectivity index (χ3v) is 11.4. The van der Waals surface area contributed by atoms with E-state index < -0.39 is 12.1 Å². The van der Waals surface area contributed by atoms with Crippen molar-refractivity contribution < 1.29 is 15.0 Å². The number of nitrogens with one attached hydrogen (secondary N) is 1. The average Bonchev–Trinajstić information content (AvgIpc) is 3.19. The Hall–Kier alpha value is -1.39. The lowest BCUT2D eigenvalue weighted by molar-refractivity contribution is -0.123. The minimum absolute atomic E-state index is 0.0739. The number of carbonyl (C=O) groups is 1. The molecule has 0 spiro atoms. The fourth-order valence-corrected chi connectivity index (χ4v) is 7.56. The van der Waals surface area contributed by atoms with Crippen molar-refractivity contribution in [2.45, 2.75) is 276 Å². The highest BCUT2D eigenvalue weighted by Gasteiger charge is 2.17. The predicted octanol–water partition coefficient (Wildman–Crippen LogP) is 15.7. The molecule has 2 atom stereocenters. The quantitative estimate of drug-likeness (QED) is 0.0426. The SMILES string of the molecule is CCCCCCCCC/C=C/CC/C=C/CC/C=C/C(O)C(CO)NC(=O)CCCCCCCCCCCCCCCCCCCCCCCCCCCC. The number of carbonyl (C=O) groups excluding carboxylic acids is 1. The van der Waals surface area contributed by atoms with Crippen molar-refractivity contribution in [1.82, 2.24) is 5.32 Å². The fourth-order valence-electron chi connectivity index (χ4n) is 7.56.